The van der Waals surface area contributed by atoms with E-state index in [1.54, 1.807) is 0 Å². The maximum atomic E-state index is 5.66. The van der Waals surface area contributed by atoms with Crippen LogP contribution in [0.25, 0.3) is 0 Å². The van der Waals surface area contributed by atoms with Crippen molar-refractivity contribution in [1.29, 1.82) is 0 Å². The highest BCUT2D eigenvalue weighted by Crippen LogP contribution is 2.16. The van der Waals surface area contributed by atoms with Gasteiger partial charge in [-0.3, -0.25) is 4.90 Å². The van der Waals surface area contributed by atoms with Crippen LogP contribution in [0.15, 0.2) is 0 Å². The summed E-state index contributed by atoms with van der Waals surface area (Å²) in [6.45, 7) is 14.1. The molecule has 1 saturated heterocycles. The monoisotopic (exact) mass is 242 g/mol. The Hall–Kier alpha value is -0.120. The molecule has 1 N–H and O–H groups in total. The van der Waals surface area contributed by atoms with E-state index in [0.717, 1.165) is 32.3 Å². The Morgan fingerprint density at radius 2 is 2.18 bits per heavy atom. The summed E-state index contributed by atoms with van der Waals surface area (Å²) >= 11 is 0. The quantitative estimate of drug-likeness (QED) is 0.692. The summed E-state index contributed by atoms with van der Waals surface area (Å²) < 4.78 is 5.66. The minimum Gasteiger partial charge on any atom is -0.380 e. The molecule has 2 atom stereocenters. The van der Waals surface area contributed by atoms with E-state index in [2.05, 4.69) is 37.9 Å². The molecule has 3 heteroatoms. The summed E-state index contributed by atoms with van der Waals surface area (Å²) in [5.41, 5.74) is 0. The lowest BCUT2D eigenvalue weighted by atomic mass is 9.98. The van der Waals surface area contributed by atoms with E-state index in [0.29, 0.717) is 12.0 Å². The molecule has 0 aromatic heterocycles. The zero-order valence-electron chi connectivity index (χ0n) is 12.0. The van der Waals surface area contributed by atoms with Gasteiger partial charge in [0.05, 0.1) is 6.61 Å². The van der Waals surface area contributed by atoms with E-state index in [4.69, 9.17) is 4.74 Å². The van der Waals surface area contributed by atoms with E-state index in [1.165, 1.54) is 19.4 Å². The normalized spacial score (nSPS) is 26.6. The zero-order chi connectivity index (χ0) is 12.7. The van der Waals surface area contributed by atoms with Gasteiger partial charge in [-0.2, -0.15) is 0 Å². The van der Waals surface area contributed by atoms with Crippen LogP contribution in [-0.4, -0.2) is 49.8 Å². The highest BCUT2D eigenvalue weighted by molar-refractivity contribution is 4.82. The zero-order valence-corrected chi connectivity index (χ0v) is 12.0. The van der Waals surface area contributed by atoms with Gasteiger partial charge < -0.3 is 10.1 Å². The van der Waals surface area contributed by atoms with Gasteiger partial charge in [0.25, 0.3) is 0 Å². The van der Waals surface area contributed by atoms with E-state index in [1.807, 2.05) is 0 Å². The fourth-order valence-electron chi connectivity index (χ4n) is 2.53. The van der Waals surface area contributed by atoms with E-state index < -0.39 is 0 Å². The van der Waals surface area contributed by atoms with Gasteiger partial charge in [0.2, 0.25) is 0 Å². The molecule has 2 unspecified atom stereocenters. The molecule has 0 bridgehead atoms. The molecule has 1 fully saturated rings. The van der Waals surface area contributed by atoms with E-state index >= 15 is 0 Å². The highest BCUT2D eigenvalue weighted by Gasteiger charge is 2.24. The molecule has 0 spiro atoms. The first kappa shape index (κ1) is 14.9. The number of piperidine rings is 1. The highest BCUT2D eigenvalue weighted by atomic mass is 16.5. The number of nitrogens with one attached hydrogen (secondary N) is 1. The Bertz CT molecular complexity index is 197. The molecule has 0 amide bonds. The summed E-state index contributed by atoms with van der Waals surface area (Å²) in [4.78, 5) is 2.56. The second-order valence-electron chi connectivity index (χ2n) is 5.63. The number of rotatable bonds is 7. The summed E-state index contributed by atoms with van der Waals surface area (Å²) in [6.07, 6.45) is 2.56. The third kappa shape index (κ3) is 5.84. The van der Waals surface area contributed by atoms with Crippen LogP contribution in [0.2, 0.25) is 0 Å². The van der Waals surface area contributed by atoms with Crippen molar-refractivity contribution in [2.45, 2.75) is 52.6 Å². The lowest BCUT2D eigenvalue weighted by molar-refractivity contribution is 0.0583. The van der Waals surface area contributed by atoms with Crippen molar-refractivity contribution in [3.8, 4) is 0 Å². The van der Waals surface area contributed by atoms with E-state index in [9.17, 15) is 0 Å². The number of ether oxygens (including phenoxy) is 1. The molecule has 1 rings (SSSR count). The van der Waals surface area contributed by atoms with Crippen LogP contribution >= 0.6 is 0 Å². The van der Waals surface area contributed by atoms with Crippen molar-refractivity contribution in [2.24, 2.45) is 5.92 Å². The molecule has 3 nitrogen and oxygen atoms in total. The Balaban J connectivity index is 2.14. The maximum Gasteiger partial charge on any atom is 0.0593 e. The average molecular weight is 242 g/mol. The third-order valence-corrected chi connectivity index (χ3v) is 3.48. The smallest absolute Gasteiger partial charge is 0.0593 e. The van der Waals surface area contributed by atoms with Gasteiger partial charge in [-0.1, -0.05) is 20.8 Å². The molecule has 0 radical (unpaired) electrons. The van der Waals surface area contributed by atoms with Crippen LogP contribution in [-0.2, 0) is 4.74 Å². The van der Waals surface area contributed by atoms with Crippen LogP contribution < -0.4 is 5.32 Å². The van der Waals surface area contributed by atoms with Crippen LogP contribution in [0.1, 0.15) is 40.5 Å². The molecule has 0 aromatic carbocycles. The minimum absolute atomic E-state index is 0.645. The van der Waals surface area contributed by atoms with Gasteiger partial charge in [-0.15, -0.1) is 0 Å². The molecule has 1 heterocycles. The van der Waals surface area contributed by atoms with Crippen molar-refractivity contribution in [1.82, 2.24) is 10.2 Å². The van der Waals surface area contributed by atoms with Crippen molar-refractivity contribution >= 4 is 0 Å². The molecule has 0 aromatic rings. The molecule has 102 valence electrons. The minimum atomic E-state index is 0.645. The fourth-order valence-corrected chi connectivity index (χ4v) is 2.53. The van der Waals surface area contributed by atoms with Crippen molar-refractivity contribution in [3.63, 3.8) is 0 Å². The Morgan fingerprint density at radius 1 is 1.41 bits per heavy atom. The Morgan fingerprint density at radius 3 is 2.76 bits per heavy atom. The van der Waals surface area contributed by atoms with Crippen molar-refractivity contribution < 1.29 is 4.74 Å². The predicted octanol–water partition coefficient (Wildman–Crippen LogP) is 2.12. The topological polar surface area (TPSA) is 24.5 Å². The van der Waals surface area contributed by atoms with Crippen molar-refractivity contribution in [2.75, 3.05) is 32.8 Å². The number of likely N-dealkylation sites (tertiary alicyclic amines) is 1. The molecule has 0 saturated carbocycles. The van der Waals surface area contributed by atoms with Crippen molar-refractivity contribution in [3.05, 3.63) is 0 Å². The number of nitrogens with zero attached hydrogens (tertiary/aromatic N) is 1. The Labute approximate surface area is 107 Å². The van der Waals surface area contributed by atoms with Gasteiger partial charge in [0, 0.05) is 25.2 Å². The van der Waals surface area contributed by atoms with Gasteiger partial charge in [0.15, 0.2) is 0 Å². The van der Waals surface area contributed by atoms with Crippen LogP contribution in [0.4, 0.5) is 0 Å². The molecule has 0 aliphatic carbocycles. The molecular formula is C14H30N2O. The summed E-state index contributed by atoms with van der Waals surface area (Å²) in [5.74, 6) is 0.645. The standard InChI is InChI=1S/C14H30N2O/c1-5-15-14-6-7-16(13(4)10-14)8-9-17-11-12(2)3/h12-15H,5-11H2,1-4H3. The predicted molar refractivity (Wildman–Crippen MR) is 73.4 cm³/mol. The molecule has 1 aliphatic heterocycles. The van der Waals surface area contributed by atoms with E-state index in [-0.39, 0.29) is 0 Å². The fraction of sp³-hybridized carbons (Fsp3) is 1.00. The molecular weight excluding hydrogens is 212 g/mol. The largest absolute Gasteiger partial charge is 0.380 e. The van der Waals surface area contributed by atoms with Crippen LogP contribution in [0.5, 0.6) is 0 Å². The van der Waals surface area contributed by atoms with Gasteiger partial charge in [-0.05, 0) is 38.8 Å². The maximum absolute atomic E-state index is 5.66. The van der Waals surface area contributed by atoms with Gasteiger partial charge in [-0.25, -0.2) is 0 Å². The van der Waals surface area contributed by atoms with Crippen LogP contribution in [0, 0.1) is 5.92 Å². The number of hydrogen-bond donors (Lipinski definition) is 1. The second-order valence-corrected chi connectivity index (χ2v) is 5.63. The summed E-state index contributed by atoms with van der Waals surface area (Å²) in [7, 11) is 0. The molecule has 17 heavy (non-hydrogen) atoms. The first-order valence-corrected chi connectivity index (χ1v) is 7.18. The average Bonchev–Trinajstić information content (AvgIpc) is 2.27. The molecule has 1 aliphatic rings. The summed E-state index contributed by atoms with van der Waals surface area (Å²) in [6, 6.07) is 1.42. The summed E-state index contributed by atoms with van der Waals surface area (Å²) in [5, 5.41) is 3.56. The third-order valence-electron chi connectivity index (χ3n) is 3.48. The Kier molecular flexibility index (Phi) is 7.09. The van der Waals surface area contributed by atoms with Gasteiger partial charge in [0.1, 0.15) is 0 Å². The second kappa shape index (κ2) is 8.06. The lowest BCUT2D eigenvalue weighted by Gasteiger charge is -2.37. The SMILES string of the molecule is CCNC1CCN(CCOCC(C)C)C(C)C1. The lowest BCUT2D eigenvalue weighted by Crippen LogP contribution is -2.48. The number of hydrogen-bond acceptors (Lipinski definition) is 3. The first-order valence-electron chi connectivity index (χ1n) is 7.18. The van der Waals surface area contributed by atoms with Crippen LogP contribution in [0.3, 0.4) is 0 Å². The first-order chi connectivity index (χ1) is 8.13. The van der Waals surface area contributed by atoms with Gasteiger partial charge >= 0.3 is 0 Å².